The molecule has 1 aliphatic rings. The van der Waals surface area contributed by atoms with Crippen LogP contribution in [0.1, 0.15) is 22.2 Å². The van der Waals surface area contributed by atoms with Crippen molar-refractivity contribution >= 4 is 22.8 Å². The third-order valence-electron chi connectivity index (χ3n) is 4.84. The van der Waals surface area contributed by atoms with Gasteiger partial charge in [0.1, 0.15) is 17.8 Å². The standard InChI is InChI=1S/C20H18N2O4/c1-26-22-18(15(20(24)25)11-13-7-3-2-4-8-13)21-16-10-6-5-9-14(16)12-17(21)19(22)23/h2-10,12,15,18H,11H2,1H3,(H,24,25). The minimum absolute atomic E-state index is 0.292. The van der Waals surface area contributed by atoms with Gasteiger partial charge in [0.2, 0.25) is 0 Å². The summed E-state index contributed by atoms with van der Waals surface area (Å²) in [5.74, 6) is -2.15. The summed E-state index contributed by atoms with van der Waals surface area (Å²) in [6.45, 7) is 0. The van der Waals surface area contributed by atoms with Crippen molar-refractivity contribution in [1.82, 2.24) is 9.63 Å². The Bertz CT molecular complexity index is 980. The molecule has 0 aliphatic carbocycles. The molecule has 0 saturated heterocycles. The number of carboxylic acid groups (broad SMARTS) is 1. The lowest BCUT2D eigenvalue weighted by atomic mass is 9.96. The van der Waals surface area contributed by atoms with E-state index in [1.54, 1.807) is 10.6 Å². The second kappa shape index (κ2) is 6.31. The molecule has 2 aromatic carbocycles. The molecule has 4 rings (SSSR count). The van der Waals surface area contributed by atoms with Crippen LogP contribution < -0.4 is 0 Å². The van der Waals surface area contributed by atoms with E-state index < -0.39 is 18.1 Å². The number of hydroxylamine groups is 2. The van der Waals surface area contributed by atoms with Gasteiger partial charge in [0.25, 0.3) is 5.91 Å². The molecule has 1 amide bonds. The Morgan fingerprint density at radius 3 is 2.54 bits per heavy atom. The van der Waals surface area contributed by atoms with Crippen LogP contribution >= 0.6 is 0 Å². The molecular formula is C20H18N2O4. The summed E-state index contributed by atoms with van der Waals surface area (Å²) in [6.07, 6.45) is -0.458. The Balaban J connectivity index is 1.85. The third kappa shape index (κ3) is 2.46. The summed E-state index contributed by atoms with van der Waals surface area (Å²) in [6, 6.07) is 18.8. The number of amides is 1. The summed E-state index contributed by atoms with van der Waals surface area (Å²) in [5, 5.41) is 12.0. The zero-order chi connectivity index (χ0) is 18.3. The number of aromatic nitrogens is 1. The highest BCUT2D eigenvalue weighted by Gasteiger charge is 2.45. The van der Waals surface area contributed by atoms with E-state index in [9.17, 15) is 14.7 Å². The molecule has 0 spiro atoms. The molecule has 2 unspecified atom stereocenters. The van der Waals surface area contributed by atoms with Crippen LogP contribution in [0.25, 0.3) is 10.9 Å². The second-order valence-electron chi connectivity index (χ2n) is 6.32. The Hall–Kier alpha value is -3.12. The minimum Gasteiger partial charge on any atom is -0.481 e. The Labute approximate surface area is 150 Å². The van der Waals surface area contributed by atoms with Gasteiger partial charge in [-0.1, -0.05) is 48.5 Å². The van der Waals surface area contributed by atoms with Gasteiger partial charge in [0.15, 0.2) is 0 Å². The average molecular weight is 350 g/mol. The first kappa shape index (κ1) is 16.4. The normalized spacial score (nSPS) is 17.5. The van der Waals surface area contributed by atoms with Gasteiger partial charge >= 0.3 is 5.97 Å². The average Bonchev–Trinajstić information content (AvgIpc) is 3.15. The molecule has 1 N–H and O–H groups in total. The highest BCUT2D eigenvalue weighted by Crippen LogP contribution is 2.39. The first-order chi connectivity index (χ1) is 12.6. The maximum atomic E-state index is 12.8. The minimum atomic E-state index is -0.973. The molecule has 2 heterocycles. The van der Waals surface area contributed by atoms with Gasteiger partial charge in [-0.2, -0.15) is 5.06 Å². The number of hydrogen-bond donors (Lipinski definition) is 1. The lowest BCUT2D eigenvalue weighted by Gasteiger charge is -2.29. The number of carbonyl (C=O) groups excluding carboxylic acids is 1. The monoisotopic (exact) mass is 350 g/mol. The molecule has 0 fully saturated rings. The van der Waals surface area contributed by atoms with Crippen LogP contribution in [0.15, 0.2) is 60.7 Å². The summed E-state index contributed by atoms with van der Waals surface area (Å²) in [4.78, 5) is 30.2. The zero-order valence-corrected chi connectivity index (χ0v) is 14.2. The van der Waals surface area contributed by atoms with Gasteiger partial charge < -0.3 is 9.67 Å². The maximum absolute atomic E-state index is 12.8. The molecule has 0 bridgehead atoms. The van der Waals surface area contributed by atoms with Gasteiger partial charge in [-0.15, -0.1) is 0 Å². The molecule has 132 valence electrons. The van der Waals surface area contributed by atoms with Crippen LogP contribution in [-0.2, 0) is 16.1 Å². The number of fused-ring (bicyclic) bond motifs is 3. The molecular weight excluding hydrogens is 332 g/mol. The molecule has 1 aromatic heterocycles. The van der Waals surface area contributed by atoms with Crippen molar-refractivity contribution in [2.24, 2.45) is 5.92 Å². The number of carbonyl (C=O) groups is 2. The Morgan fingerprint density at radius 1 is 1.15 bits per heavy atom. The fraction of sp³-hybridized carbons (Fsp3) is 0.200. The number of para-hydroxylation sites is 1. The topological polar surface area (TPSA) is 71.8 Å². The van der Waals surface area contributed by atoms with Crippen molar-refractivity contribution in [1.29, 1.82) is 0 Å². The largest absolute Gasteiger partial charge is 0.481 e. The Kier molecular flexibility index (Phi) is 3.97. The molecule has 0 radical (unpaired) electrons. The molecule has 6 heteroatoms. The van der Waals surface area contributed by atoms with Gasteiger partial charge in [0.05, 0.1) is 12.6 Å². The summed E-state index contributed by atoms with van der Waals surface area (Å²) < 4.78 is 1.78. The quantitative estimate of drug-likeness (QED) is 0.767. The van der Waals surface area contributed by atoms with E-state index in [2.05, 4.69) is 0 Å². The third-order valence-corrected chi connectivity index (χ3v) is 4.84. The molecule has 1 aliphatic heterocycles. The van der Waals surface area contributed by atoms with Crippen LogP contribution in [0.2, 0.25) is 0 Å². The Morgan fingerprint density at radius 2 is 1.85 bits per heavy atom. The van der Waals surface area contributed by atoms with E-state index in [0.717, 1.165) is 16.5 Å². The number of aliphatic carboxylic acids is 1. The van der Waals surface area contributed by atoms with Gasteiger partial charge in [-0.05, 0) is 24.1 Å². The number of benzene rings is 2. The van der Waals surface area contributed by atoms with Crippen molar-refractivity contribution in [3.63, 3.8) is 0 Å². The van der Waals surface area contributed by atoms with Crippen molar-refractivity contribution in [3.8, 4) is 0 Å². The highest BCUT2D eigenvalue weighted by molar-refractivity contribution is 6.01. The lowest BCUT2D eigenvalue weighted by Crippen LogP contribution is -2.38. The van der Waals surface area contributed by atoms with Gasteiger partial charge in [-0.25, -0.2) is 0 Å². The SMILES string of the molecule is CON1C(=O)c2cc3ccccc3n2C1C(Cc1ccccc1)C(=O)O. The fourth-order valence-electron chi connectivity index (χ4n) is 3.69. The summed E-state index contributed by atoms with van der Waals surface area (Å²) >= 11 is 0. The van der Waals surface area contributed by atoms with Gasteiger partial charge in [-0.3, -0.25) is 14.4 Å². The van der Waals surface area contributed by atoms with E-state index in [1.165, 1.54) is 12.2 Å². The van der Waals surface area contributed by atoms with E-state index in [1.807, 2.05) is 54.6 Å². The molecule has 6 nitrogen and oxygen atoms in total. The predicted octanol–water partition coefficient (Wildman–Crippen LogP) is 3.10. The van der Waals surface area contributed by atoms with Crippen molar-refractivity contribution in [2.45, 2.75) is 12.6 Å². The smallest absolute Gasteiger partial charge is 0.310 e. The first-order valence-electron chi connectivity index (χ1n) is 8.36. The number of rotatable bonds is 5. The fourth-order valence-corrected chi connectivity index (χ4v) is 3.69. The first-order valence-corrected chi connectivity index (χ1v) is 8.36. The molecule has 0 saturated carbocycles. The van der Waals surface area contributed by atoms with Crippen LogP contribution in [0.5, 0.6) is 0 Å². The van der Waals surface area contributed by atoms with Crippen LogP contribution in [0.4, 0.5) is 0 Å². The predicted molar refractivity (Wildman–Crippen MR) is 95.4 cm³/mol. The molecule has 2 atom stereocenters. The van der Waals surface area contributed by atoms with E-state index in [4.69, 9.17) is 4.84 Å². The van der Waals surface area contributed by atoms with Crippen molar-refractivity contribution in [3.05, 3.63) is 71.9 Å². The second-order valence-corrected chi connectivity index (χ2v) is 6.32. The number of nitrogens with zero attached hydrogens (tertiary/aromatic N) is 2. The lowest BCUT2D eigenvalue weighted by molar-refractivity contribution is -0.166. The number of hydrogen-bond acceptors (Lipinski definition) is 3. The van der Waals surface area contributed by atoms with Crippen molar-refractivity contribution in [2.75, 3.05) is 7.11 Å². The zero-order valence-electron chi connectivity index (χ0n) is 14.2. The van der Waals surface area contributed by atoms with Crippen LogP contribution in [0, 0.1) is 5.92 Å². The van der Waals surface area contributed by atoms with Gasteiger partial charge in [0, 0.05) is 5.39 Å². The maximum Gasteiger partial charge on any atom is 0.310 e. The van der Waals surface area contributed by atoms with Crippen LogP contribution in [-0.4, -0.2) is 33.7 Å². The molecule has 3 aromatic rings. The van der Waals surface area contributed by atoms with E-state index >= 15 is 0 Å². The molecule has 26 heavy (non-hydrogen) atoms. The summed E-state index contributed by atoms with van der Waals surface area (Å²) in [7, 11) is 1.39. The van der Waals surface area contributed by atoms with Crippen molar-refractivity contribution < 1.29 is 19.5 Å². The number of carboxylic acids is 1. The van der Waals surface area contributed by atoms with E-state index in [-0.39, 0.29) is 5.91 Å². The highest BCUT2D eigenvalue weighted by atomic mass is 16.7. The van der Waals surface area contributed by atoms with Crippen LogP contribution in [0.3, 0.4) is 0 Å². The van der Waals surface area contributed by atoms with E-state index in [0.29, 0.717) is 12.1 Å². The summed E-state index contributed by atoms with van der Waals surface area (Å²) in [5.41, 5.74) is 2.16.